The summed E-state index contributed by atoms with van der Waals surface area (Å²) in [5.41, 5.74) is 0.996. The normalized spacial score (nSPS) is 12.9. The summed E-state index contributed by atoms with van der Waals surface area (Å²) >= 11 is 1.53. The van der Waals surface area contributed by atoms with Crippen molar-refractivity contribution in [2.75, 3.05) is 5.32 Å². The topological polar surface area (TPSA) is 71.1 Å². The van der Waals surface area contributed by atoms with Crippen molar-refractivity contribution in [3.8, 4) is 0 Å². The molecule has 1 aromatic carbocycles. The molecule has 0 aliphatic carbocycles. The molecule has 1 atom stereocenters. The zero-order valence-corrected chi connectivity index (χ0v) is 14.7. The first-order valence-corrected chi connectivity index (χ1v) is 8.58. The fourth-order valence-corrected chi connectivity index (χ4v) is 3.11. The van der Waals surface area contributed by atoms with E-state index in [4.69, 9.17) is 0 Å². The second kappa shape index (κ2) is 7.88. The highest BCUT2D eigenvalue weighted by Crippen LogP contribution is 2.26. The lowest BCUT2D eigenvalue weighted by Gasteiger charge is -2.27. The third-order valence-electron chi connectivity index (χ3n) is 3.77. The lowest BCUT2D eigenvalue weighted by atomic mass is 9.99. The summed E-state index contributed by atoms with van der Waals surface area (Å²) in [5, 5.41) is 8.56. The van der Waals surface area contributed by atoms with E-state index in [-0.39, 0.29) is 18.2 Å². The first-order chi connectivity index (χ1) is 11.5. The van der Waals surface area contributed by atoms with Crippen LogP contribution in [0.15, 0.2) is 48.5 Å². The molecule has 0 fully saturated rings. The molecule has 2 N–H and O–H groups in total. The second-order valence-electron chi connectivity index (χ2n) is 5.64. The molecule has 1 unspecified atom stereocenters. The number of anilines is 1. The van der Waals surface area contributed by atoms with E-state index in [9.17, 15) is 9.59 Å². The first-order valence-electron chi connectivity index (χ1n) is 7.70. The van der Waals surface area contributed by atoms with E-state index in [1.807, 2.05) is 25.3 Å². The maximum Gasteiger partial charge on any atom is 0.247 e. The van der Waals surface area contributed by atoms with Gasteiger partial charge in [-0.1, -0.05) is 25.6 Å². The molecule has 0 radical (unpaired) electrons. The van der Waals surface area contributed by atoms with E-state index in [0.29, 0.717) is 5.69 Å². The number of hydrogen-bond donors (Lipinski definition) is 2. The van der Waals surface area contributed by atoms with Gasteiger partial charge in [-0.15, -0.1) is 11.3 Å². The Morgan fingerprint density at radius 3 is 2.83 bits per heavy atom. The molecule has 5 nitrogen and oxygen atoms in total. The van der Waals surface area contributed by atoms with Gasteiger partial charge in [-0.2, -0.15) is 0 Å². The zero-order valence-electron chi connectivity index (χ0n) is 13.8. The summed E-state index contributed by atoms with van der Waals surface area (Å²) in [6.07, 6.45) is 3.94. The number of carbonyl (C=O) groups excluding carboxylic acids is 2. The molecule has 2 amide bonds. The van der Waals surface area contributed by atoms with Gasteiger partial charge >= 0.3 is 0 Å². The van der Waals surface area contributed by atoms with Crippen molar-refractivity contribution in [1.82, 2.24) is 10.3 Å². The van der Waals surface area contributed by atoms with Crippen LogP contribution >= 0.6 is 11.3 Å². The predicted molar refractivity (Wildman–Crippen MR) is 96.9 cm³/mol. The summed E-state index contributed by atoms with van der Waals surface area (Å²) in [7, 11) is 0. The molecule has 24 heavy (non-hydrogen) atoms. The number of nitrogens with zero attached hydrogens (tertiary/aromatic N) is 1. The Morgan fingerprint density at radius 2 is 2.21 bits per heavy atom. The molecule has 0 spiro atoms. The van der Waals surface area contributed by atoms with E-state index in [1.165, 1.54) is 17.4 Å². The van der Waals surface area contributed by atoms with Crippen molar-refractivity contribution < 1.29 is 9.59 Å². The molecule has 0 saturated carbocycles. The molecule has 0 bridgehead atoms. The highest BCUT2D eigenvalue weighted by molar-refractivity contribution is 7.09. The number of hydrogen-bond acceptors (Lipinski definition) is 4. The third kappa shape index (κ3) is 4.52. The Hall–Kier alpha value is -2.47. The molecule has 0 aliphatic rings. The van der Waals surface area contributed by atoms with Crippen LogP contribution < -0.4 is 10.6 Å². The number of amides is 2. The van der Waals surface area contributed by atoms with Gasteiger partial charge in [0.15, 0.2) is 0 Å². The number of aromatic nitrogens is 1. The average Bonchev–Trinajstić information content (AvgIpc) is 3.10. The highest BCUT2D eigenvalue weighted by atomic mass is 32.1. The van der Waals surface area contributed by atoms with Crippen molar-refractivity contribution >= 4 is 28.8 Å². The van der Waals surface area contributed by atoms with E-state index < -0.39 is 5.54 Å². The molecule has 2 rings (SSSR count). The van der Waals surface area contributed by atoms with Gasteiger partial charge in [0.2, 0.25) is 11.8 Å². The van der Waals surface area contributed by atoms with Crippen LogP contribution in [-0.4, -0.2) is 16.8 Å². The summed E-state index contributed by atoms with van der Waals surface area (Å²) in [4.78, 5) is 28.1. The van der Waals surface area contributed by atoms with Gasteiger partial charge < -0.3 is 10.6 Å². The van der Waals surface area contributed by atoms with Gasteiger partial charge in [0, 0.05) is 17.3 Å². The monoisotopic (exact) mass is 343 g/mol. The van der Waals surface area contributed by atoms with Crippen LogP contribution in [0.3, 0.4) is 0 Å². The second-order valence-corrected chi connectivity index (χ2v) is 6.54. The van der Waals surface area contributed by atoms with Gasteiger partial charge in [0.1, 0.15) is 5.01 Å². The standard InChI is InChI=1S/C18H21N3O2S/c1-4-15(22)20-14-8-6-7-13(11-14)12-16(23)21-18(3,5-2)17-19-9-10-24-17/h4,6-11H,1,5,12H2,2-3H3,(H,20,22)(H,21,23). The molecule has 6 heteroatoms. The Balaban J connectivity index is 2.05. The summed E-state index contributed by atoms with van der Waals surface area (Å²) < 4.78 is 0. The highest BCUT2D eigenvalue weighted by Gasteiger charge is 2.29. The number of thiazole rings is 1. The lowest BCUT2D eigenvalue weighted by molar-refractivity contribution is -0.122. The first kappa shape index (κ1) is 17.9. The fourth-order valence-electron chi connectivity index (χ4n) is 2.28. The predicted octanol–water partition coefficient (Wildman–Crippen LogP) is 3.25. The lowest BCUT2D eigenvalue weighted by Crippen LogP contribution is -2.43. The van der Waals surface area contributed by atoms with E-state index in [2.05, 4.69) is 22.2 Å². The van der Waals surface area contributed by atoms with Crippen LogP contribution in [0.1, 0.15) is 30.8 Å². The average molecular weight is 343 g/mol. The molecular formula is C18H21N3O2S. The minimum Gasteiger partial charge on any atom is -0.344 e. The van der Waals surface area contributed by atoms with E-state index >= 15 is 0 Å². The number of carbonyl (C=O) groups is 2. The number of benzene rings is 1. The van der Waals surface area contributed by atoms with Crippen LogP contribution in [-0.2, 0) is 21.5 Å². The zero-order chi connectivity index (χ0) is 17.6. The quantitative estimate of drug-likeness (QED) is 0.758. The molecule has 126 valence electrons. The largest absolute Gasteiger partial charge is 0.344 e. The van der Waals surface area contributed by atoms with Crippen molar-refractivity contribution in [2.24, 2.45) is 0 Å². The summed E-state index contributed by atoms with van der Waals surface area (Å²) in [5.74, 6) is -0.360. The fraction of sp³-hybridized carbons (Fsp3) is 0.278. The minimum absolute atomic E-state index is 0.0817. The van der Waals surface area contributed by atoms with Crippen molar-refractivity contribution in [2.45, 2.75) is 32.2 Å². The number of rotatable bonds is 7. The van der Waals surface area contributed by atoms with Gasteiger partial charge in [-0.05, 0) is 37.1 Å². The van der Waals surface area contributed by atoms with E-state index in [0.717, 1.165) is 17.0 Å². The van der Waals surface area contributed by atoms with Crippen LogP contribution in [0.2, 0.25) is 0 Å². The Labute approximate surface area is 145 Å². The van der Waals surface area contributed by atoms with Gasteiger partial charge in [0.05, 0.1) is 12.0 Å². The Morgan fingerprint density at radius 1 is 1.42 bits per heavy atom. The Bertz CT molecular complexity index is 728. The molecule has 1 aromatic heterocycles. The van der Waals surface area contributed by atoms with Crippen molar-refractivity contribution in [3.63, 3.8) is 0 Å². The van der Waals surface area contributed by atoms with Crippen molar-refractivity contribution in [1.29, 1.82) is 0 Å². The molecule has 2 aromatic rings. The van der Waals surface area contributed by atoms with Crippen LogP contribution in [0.4, 0.5) is 5.69 Å². The summed E-state index contributed by atoms with van der Waals surface area (Å²) in [6.45, 7) is 7.42. The molecule has 0 aliphatic heterocycles. The maximum atomic E-state index is 12.4. The summed E-state index contributed by atoms with van der Waals surface area (Å²) in [6, 6.07) is 7.22. The third-order valence-corrected chi connectivity index (χ3v) is 4.81. The number of nitrogens with one attached hydrogen (secondary N) is 2. The van der Waals surface area contributed by atoms with Crippen LogP contribution in [0, 0.1) is 0 Å². The van der Waals surface area contributed by atoms with Crippen LogP contribution in [0.25, 0.3) is 0 Å². The van der Waals surface area contributed by atoms with Gasteiger partial charge in [-0.25, -0.2) is 4.98 Å². The van der Waals surface area contributed by atoms with Gasteiger partial charge in [0.25, 0.3) is 0 Å². The SMILES string of the molecule is C=CC(=O)Nc1cccc(CC(=O)NC(C)(CC)c2nccs2)c1. The molecule has 0 saturated heterocycles. The minimum atomic E-state index is -0.472. The van der Waals surface area contributed by atoms with Crippen LogP contribution in [0.5, 0.6) is 0 Å². The maximum absolute atomic E-state index is 12.4. The molecular weight excluding hydrogens is 322 g/mol. The van der Waals surface area contributed by atoms with Gasteiger partial charge in [-0.3, -0.25) is 9.59 Å². The van der Waals surface area contributed by atoms with E-state index in [1.54, 1.807) is 24.4 Å². The van der Waals surface area contributed by atoms with Crippen molar-refractivity contribution in [3.05, 3.63) is 59.1 Å². The molecule has 1 heterocycles. The smallest absolute Gasteiger partial charge is 0.247 e. The Kier molecular flexibility index (Phi) is 5.87.